The average molecular weight is 554 g/mol. The molecule has 170 valence electrons. The van der Waals surface area contributed by atoms with Gasteiger partial charge < -0.3 is 20.7 Å². The van der Waals surface area contributed by atoms with Crippen LogP contribution in [-0.2, 0) is 22.7 Å². The van der Waals surface area contributed by atoms with Crippen LogP contribution in [0.15, 0.2) is 53.5 Å². The van der Waals surface area contributed by atoms with E-state index in [9.17, 15) is 22.4 Å². The van der Waals surface area contributed by atoms with Crippen LogP contribution in [0.3, 0.4) is 0 Å². The van der Waals surface area contributed by atoms with Gasteiger partial charge in [-0.2, -0.15) is 13.2 Å². The summed E-state index contributed by atoms with van der Waals surface area (Å²) in [6.07, 6.45) is -4.35. The zero-order chi connectivity index (χ0) is 22.0. The lowest BCUT2D eigenvalue weighted by Gasteiger charge is -2.12. The van der Waals surface area contributed by atoms with Gasteiger partial charge in [-0.15, -0.1) is 24.0 Å². The van der Waals surface area contributed by atoms with Crippen molar-refractivity contribution in [2.45, 2.75) is 19.3 Å². The fraction of sp³-hybridized carbons (Fsp3) is 0.300. The predicted molar refractivity (Wildman–Crippen MR) is 121 cm³/mol. The monoisotopic (exact) mass is 554 g/mol. The molecule has 2 rings (SSSR count). The summed E-state index contributed by atoms with van der Waals surface area (Å²) in [5.74, 6) is -0.440. The van der Waals surface area contributed by atoms with Crippen molar-refractivity contribution in [2.24, 2.45) is 4.99 Å². The van der Waals surface area contributed by atoms with Crippen molar-refractivity contribution < 1.29 is 27.1 Å². The fourth-order valence-corrected chi connectivity index (χ4v) is 2.38. The number of carbonyl (C=O) groups excluding carboxylic acids is 1. The zero-order valence-electron chi connectivity index (χ0n) is 16.6. The van der Waals surface area contributed by atoms with Gasteiger partial charge in [0.2, 0.25) is 5.91 Å². The van der Waals surface area contributed by atoms with Crippen LogP contribution in [-0.4, -0.2) is 38.2 Å². The molecule has 0 radical (unpaired) electrons. The lowest BCUT2D eigenvalue weighted by atomic mass is 10.1. The second-order valence-electron chi connectivity index (χ2n) is 6.26. The normalized spacial score (nSPS) is 11.5. The van der Waals surface area contributed by atoms with Crippen LogP contribution in [0.1, 0.15) is 11.1 Å². The van der Waals surface area contributed by atoms with Gasteiger partial charge in [-0.3, -0.25) is 9.79 Å². The maximum absolute atomic E-state index is 13.1. The number of rotatable bonds is 8. The highest BCUT2D eigenvalue weighted by Crippen LogP contribution is 2.16. The van der Waals surface area contributed by atoms with Gasteiger partial charge >= 0.3 is 6.18 Å². The molecule has 0 fully saturated rings. The second kappa shape index (κ2) is 13.1. The highest BCUT2D eigenvalue weighted by atomic mass is 127. The number of ether oxygens (including phenoxy) is 1. The number of halogens is 5. The van der Waals surface area contributed by atoms with Gasteiger partial charge in [-0.1, -0.05) is 30.3 Å². The van der Waals surface area contributed by atoms with E-state index in [-0.39, 0.29) is 43.0 Å². The van der Waals surface area contributed by atoms with Crippen molar-refractivity contribution >= 4 is 41.5 Å². The standard InChI is InChI=1S/C20H22F4N4O2.HI/c1-25-19(27-11-18(29)28-17-4-2-3-16(21)9-17)26-10-14-5-7-15(8-6-14)12-30-13-20(22,23)24;/h2-9H,10-13H2,1H3,(H,28,29)(H2,25,26,27);1H. The van der Waals surface area contributed by atoms with E-state index in [0.29, 0.717) is 23.8 Å². The van der Waals surface area contributed by atoms with E-state index in [0.717, 1.165) is 5.56 Å². The Morgan fingerprint density at radius 2 is 1.74 bits per heavy atom. The number of hydrogen-bond acceptors (Lipinski definition) is 3. The molecular weight excluding hydrogens is 531 g/mol. The van der Waals surface area contributed by atoms with Crippen LogP contribution in [0.25, 0.3) is 0 Å². The Kier molecular flexibility index (Phi) is 11.3. The third-order valence-electron chi connectivity index (χ3n) is 3.77. The zero-order valence-corrected chi connectivity index (χ0v) is 19.0. The molecule has 6 nitrogen and oxygen atoms in total. The van der Waals surface area contributed by atoms with Crippen LogP contribution in [0.4, 0.5) is 23.2 Å². The van der Waals surface area contributed by atoms with Gasteiger partial charge in [0, 0.05) is 19.3 Å². The van der Waals surface area contributed by atoms with Crippen molar-refractivity contribution in [3.05, 3.63) is 65.5 Å². The number of carbonyl (C=O) groups is 1. The number of benzene rings is 2. The van der Waals surface area contributed by atoms with Crippen LogP contribution < -0.4 is 16.0 Å². The first-order valence-corrected chi connectivity index (χ1v) is 8.97. The lowest BCUT2D eigenvalue weighted by molar-refractivity contribution is -0.176. The number of anilines is 1. The number of guanidine groups is 1. The summed E-state index contributed by atoms with van der Waals surface area (Å²) >= 11 is 0. The SMILES string of the molecule is CN=C(NCC(=O)Nc1cccc(F)c1)NCc1ccc(COCC(F)(F)F)cc1.I. The Balaban J connectivity index is 0.00000480. The molecule has 0 saturated carbocycles. The molecule has 0 aliphatic rings. The van der Waals surface area contributed by atoms with Crippen molar-refractivity contribution in [3.63, 3.8) is 0 Å². The molecule has 0 saturated heterocycles. The van der Waals surface area contributed by atoms with Gasteiger partial charge in [0.05, 0.1) is 13.2 Å². The lowest BCUT2D eigenvalue weighted by Crippen LogP contribution is -2.41. The third kappa shape index (κ3) is 11.0. The topological polar surface area (TPSA) is 74.8 Å². The Morgan fingerprint density at radius 3 is 2.35 bits per heavy atom. The number of nitrogens with zero attached hydrogens (tertiary/aromatic N) is 1. The molecule has 0 aliphatic carbocycles. The van der Waals surface area contributed by atoms with Crippen molar-refractivity contribution in [3.8, 4) is 0 Å². The van der Waals surface area contributed by atoms with E-state index in [4.69, 9.17) is 0 Å². The van der Waals surface area contributed by atoms with E-state index in [1.54, 1.807) is 37.4 Å². The van der Waals surface area contributed by atoms with Crippen molar-refractivity contribution in [2.75, 3.05) is 25.5 Å². The van der Waals surface area contributed by atoms with Gasteiger partial charge in [-0.05, 0) is 29.3 Å². The van der Waals surface area contributed by atoms with E-state index in [1.807, 2.05) is 0 Å². The quantitative estimate of drug-likeness (QED) is 0.201. The summed E-state index contributed by atoms with van der Waals surface area (Å²) in [4.78, 5) is 15.9. The number of hydrogen-bond donors (Lipinski definition) is 3. The summed E-state index contributed by atoms with van der Waals surface area (Å²) < 4.78 is 54.0. The van der Waals surface area contributed by atoms with Crippen LogP contribution in [0, 0.1) is 5.82 Å². The summed E-state index contributed by atoms with van der Waals surface area (Å²) in [6, 6.07) is 12.4. The first-order valence-electron chi connectivity index (χ1n) is 8.97. The molecule has 0 unspecified atom stereocenters. The van der Waals surface area contributed by atoms with E-state index < -0.39 is 18.6 Å². The Hall–Kier alpha value is -2.41. The molecule has 3 N–H and O–H groups in total. The van der Waals surface area contributed by atoms with Crippen LogP contribution in [0.5, 0.6) is 0 Å². The van der Waals surface area contributed by atoms with Crippen molar-refractivity contribution in [1.82, 2.24) is 10.6 Å². The number of amides is 1. The van der Waals surface area contributed by atoms with Crippen LogP contribution in [0.2, 0.25) is 0 Å². The maximum atomic E-state index is 13.1. The summed E-state index contributed by atoms with van der Waals surface area (Å²) in [5, 5.41) is 8.41. The first kappa shape index (κ1) is 26.6. The van der Waals surface area contributed by atoms with Crippen molar-refractivity contribution in [1.29, 1.82) is 0 Å². The maximum Gasteiger partial charge on any atom is 0.411 e. The predicted octanol–water partition coefficient (Wildman–Crippen LogP) is 3.83. The summed E-state index contributed by atoms with van der Waals surface area (Å²) in [6.45, 7) is -1.11. The highest BCUT2D eigenvalue weighted by molar-refractivity contribution is 14.0. The number of alkyl halides is 3. The van der Waals surface area contributed by atoms with E-state index in [2.05, 4.69) is 25.7 Å². The Morgan fingerprint density at radius 1 is 1.06 bits per heavy atom. The van der Waals surface area contributed by atoms with Gasteiger partial charge in [0.25, 0.3) is 0 Å². The first-order chi connectivity index (χ1) is 14.2. The minimum atomic E-state index is -4.35. The Labute approximate surface area is 194 Å². The summed E-state index contributed by atoms with van der Waals surface area (Å²) in [7, 11) is 1.54. The van der Waals surface area contributed by atoms with Crippen LogP contribution >= 0.6 is 24.0 Å². The second-order valence-corrected chi connectivity index (χ2v) is 6.26. The molecule has 0 aliphatic heterocycles. The molecule has 0 bridgehead atoms. The van der Waals surface area contributed by atoms with Gasteiger partial charge in [0.1, 0.15) is 12.4 Å². The van der Waals surface area contributed by atoms with E-state index >= 15 is 0 Å². The van der Waals surface area contributed by atoms with E-state index in [1.165, 1.54) is 18.2 Å². The molecule has 2 aromatic rings. The third-order valence-corrected chi connectivity index (χ3v) is 3.77. The van der Waals surface area contributed by atoms with Gasteiger partial charge in [-0.25, -0.2) is 4.39 Å². The molecular formula is C20H23F4IN4O2. The molecule has 31 heavy (non-hydrogen) atoms. The molecule has 0 atom stereocenters. The average Bonchev–Trinajstić information content (AvgIpc) is 2.68. The smallest absolute Gasteiger partial charge is 0.367 e. The molecule has 0 heterocycles. The molecule has 11 heteroatoms. The largest absolute Gasteiger partial charge is 0.411 e. The molecule has 0 spiro atoms. The number of nitrogens with one attached hydrogen (secondary N) is 3. The molecule has 1 amide bonds. The number of aliphatic imine (C=N–C) groups is 1. The minimum absolute atomic E-state index is 0. The van der Waals surface area contributed by atoms with Gasteiger partial charge in [0.15, 0.2) is 5.96 Å². The molecule has 0 aromatic heterocycles. The minimum Gasteiger partial charge on any atom is -0.367 e. The fourth-order valence-electron chi connectivity index (χ4n) is 2.38. The highest BCUT2D eigenvalue weighted by Gasteiger charge is 2.27. The summed E-state index contributed by atoms with van der Waals surface area (Å²) in [5.41, 5.74) is 1.84. The molecule has 2 aromatic carbocycles. The Bertz CT molecular complexity index is 861.